The van der Waals surface area contributed by atoms with Gasteiger partial charge in [0, 0.05) is 54.4 Å². The number of carbonyl (C=O) groups is 3. The third-order valence-corrected chi connectivity index (χ3v) is 7.60. The Morgan fingerprint density at radius 3 is 2.19 bits per heavy atom. The second-order valence-electron chi connectivity index (χ2n) is 10.0. The van der Waals surface area contributed by atoms with Crippen LogP contribution in [0.2, 0.25) is 0 Å². The van der Waals surface area contributed by atoms with E-state index in [1.807, 2.05) is 71.6 Å². The maximum absolute atomic E-state index is 13.2. The largest absolute Gasteiger partial charge is 0.368 e. The fourth-order valence-corrected chi connectivity index (χ4v) is 5.42. The Balaban J connectivity index is 1.07. The van der Waals surface area contributed by atoms with Gasteiger partial charge in [0.25, 0.3) is 0 Å². The molecule has 0 bridgehead atoms. The van der Waals surface area contributed by atoms with Gasteiger partial charge >= 0.3 is 0 Å². The lowest BCUT2D eigenvalue weighted by molar-refractivity contribution is -0.137. The van der Waals surface area contributed by atoms with Crippen molar-refractivity contribution in [2.75, 3.05) is 56.0 Å². The van der Waals surface area contributed by atoms with Gasteiger partial charge in [0.05, 0.1) is 6.54 Å². The van der Waals surface area contributed by atoms with Crippen LogP contribution in [0, 0.1) is 5.92 Å². The van der Waals surface area contributed by atoms with Gasteiger partial charge in [0.2, 0.25) is 11.8 Å². The Kier molecular flexibility index (Phi) is 7.51. The summed E-state index contributed by atoms with van der Waals surface area (Å²) in [5.41, 5.74) is 2.64. The number of carbonyl (C=O) groups excluding carboxylic acids is 3. The predicted molar refractivity (Wildman–Crippen MR) is 147 cm³/mol. The highest BCUT2D eigenvalue weighted by molar-refractivity contribution is 6.02. The fraction of sp³-hybridized carbons (Fsp3) is 0.367. The molecule has 2 aliphatic heterocycles. The molecule has 0 radical (unpaired) electrons. The molecule has 192 valence electrons. The van der Waals surface area contributed by atoms with Crippen molar-refractivity contribution in [3.8, 4) is 0 Å². The zero-order chi connectivity index (χ0) is 25.8. The number of nitrogens with one attached hydrogen (secondary N) is 1. The van der Waals surface area contributed by atoms with Crippen LogP contribution in [0.3, 0.4) is 0 Å². The second-order valence-corrected chi connectivity index (χ2v) is 10.0. The average molecular weight is 499 g/mol. The summed E-state index contributed by atoms with van der Waals surface area (Å²) >= 11 is 0. The quantitative estimate of drug-likeness (QED) is 0.520. The predicted octanol–water partition coefficient (Wildman–Crippen LogP) is 4.04. The number of likely N-dealkylation sites (tertiary alicyclic amines) is 1. The first-order valence-corrected chi connectivity index (χ1v) is 13.1. The number of piperazine rings is 1. The van der Waals surface area contributed by atoms with Gasteiger partial charge < -0.3 is 15.1 Å². The molecular formula is C30H34N4O3. The number of hydrogen-bond donors (Lipinski definition) is 1. The van der Waals surface area contributed by atoms with Gasteiger partial charge in [-0.05, 0) is 68.6 Å². The number of ketones is 1. The van der Waals surface area contributed by atoms with Crippen LogP contribution >= 0.6 is 0 Å². The minimum Gasteiger partial charge on any atom is -0.368 e. The van der Waals surface area contributed by atoms with E-state index in [1.54, 1.807) is 6.92 Å². The molecule has 2 saturated heterocycles. The molecule has 2 heterocycles. The lowest BCUT2D eigenvalue weighted by Crippen LogP contribution is -2.52. The Bertz CT molecular complexity index is 1270. The van der Waals surface area contributed by atoms with Crippen molar-refractivity contribution in [1.82, 2.24) is 9.80 Å². The van der Waals surface area contributed by atoms with E-state index in [4.69, 9.17) is 0 Å². The third-order valence-electron chi connectivity index (χ3n) is 7.60. The summed E-state index contributed by atoms with van der Waals surface area (Å²) < 4.78 is 0. The van der Waals surface area contributed by atoms with Crippen molar-refractivity contribution in [1.29, 1.82) is 0 Å². The summed E-state index contributed by atoms with van der Waals surface area (Å²) in [6.45, 7) is 6.42. The zero-order valence-corrected chi connectivity index (χ0v) is 21.4. The van der Waals surface area contributed by atoms with Gasteiger partial charge in [-0.15, -0.1) is 0 Å². The van der Waals surface area contributed by atoms with Gasteiger partial charge in [0.15, 0.2) is 5.78 Å². The number of amides is 2. The molecule has 3 aromatic rings. The summed E-state index contributed by atoms with van der Waals surface area (Å²) in [6.07, 6.45) is 1.57. The number of fused-ring (bicyclic) bond motifs is 1. The molecule has 37 heavy (non-hydrogen) atoms. The van der Waals surface area contributed by atoms with E-state index in [1.165, 1.54) is 0 Å². The average Bonchev–Trinajstić information content (AvgIpc) is 2.93. The van der Waals surface area contributed by atoms with Gasteiger partial charge in [-0.2, -0.15) is 0 Å². The van der Waals surface area contributed by atoms with E-state index in [9.17, 15) is 14.4 Å². The molecule has 1 N–H and O–H groups in total. The molecule has 7 heteroatoms. The van der Waals surface area contributed by atoms with Crippen LogP contribution in [-0.4, -0.2) is 73.2 Å². The SMILES string of the molecule is CC(=O)c1ccc(N2CCN(C(=O)C3CCN(CC(=O)Nc4cccc5ccccc45)CC3)CC2)cc1. The van der Waals surface area contributed by atoms with Gasteiger partial charge in [-0.1, -0.05) is 36.4 Å². The molecular weight excluding hydrogens is 464 g/mol. The highest BCUT2D eigenvalue weighted by atomic mass is 16.2. The monoisotopic (exact) mass is 498 g/mol. The number of benzene rings is 3. The molecule has 2 fully saturated rings. The van der Waals surface area contributed by atoms with Crippen molar-refractivity contribution in [3.63, 3.8) is 0 Å². The smallest absolute Gasteiger partial charge is 0.238 e. The van der Waals surface area contributed by atoms with E-state index in [0.717, 1.165) is 66.7 Å². The van der Waals surface area contributed by atoms with Crippen LogP contribution in [0.1, 0.15) is 30.1 Å². The number of nitrogens with zero attached hydrogens (tertiary/aromatic N) is 3. The fourth-order valence-electron chi connectivity index (χ4n) is 5.42. The zero-order valence-electron chi connectivity index (χ0n) is 21.4. The van der Waals surface area contributed by atoms with E-state index in [0.29, 0.717) is 19.6 Å². The molecule has 0 aromatic heterocycles. The first-order valence-electron chi connectivity index (χ1n) is 13.1. The number of hydrogen-bond acceptors (Lipinski definition) is 5. The highest BCUT2D eigenvalue weighted by Crippen LogP contribution is 2.25. The molecule has 3 aromatic carbocycles. The normalized spacial score (nSPS) is 17.1. The maximum Gasteiger partial charge on any atom is 0.238 e. The van der Waals surface area contributed by atoms with Gasteiger partial charge in [-0.3, -0.25) is 19.3 Å². The minimum absolute atomic E-state index is 0.0198. The maximum atomic E-state index is 13.2. The van der Waals surface area contributed by atoms with Crippen molar-refractivity contribution in [2.45, 2.75) is 19.8 Å². The second kappa shape index (κ2) is 11.1. The van der Waals surface area contributed by atoms with Crippen molar-refractivity contribution >= 4 is 39.7 Å². The Hall–Kier alpha value is -3.71. The van der Waals surface area contributed by atoms with E-state index >= 15 is 0 Å². The molecule has 7 nitrogen and oxygen atoms in total. The number of anilines is 2. The first-order chi connectivity index (χ1) is 18.0. The lowest BCUT2D eigenvalue weighted by atomic mass is 9.95. The molecule has 0 saturated carbocycles. The summed E-state index contributed by atoms with van der Waals surface area (Å²) in [5.74, 6) is 0.317. The van der Waals surface area contributed by atoms with Crippen LogP contribution in [-0.2, 0) is 9.59 Å². The molecule has 0 aliphatic carbocycles. The Labute approximate surface area is 218 Å². The van der Waals surface area contributed by atoms with Gasteiger partial charge in [0.1, 0.15) is 0 Å². The topological polar surface area (TPSA) is 73.0 Å². The van der Waals surface area contributed by atoms with Crippen LogP contribution in [0.15, 0.2) is 66.7 Å². The molecule has 5 rings (SSSR count). The number of piperidine rings is 1. The first kappa shape index (κ1) is 25.0. The molecule has 0 unspecified atom stereocenters. The van der Waals surface area contributed by atoms with E-state index in [2.05, 4.69) is 15.1 Å². The van der Waals surface area contributed by atoms with Crippen LogP contribution in [0.25, 0.3) is 10.8 Å². The molecule has 0 atom stereocenters. The Morgan fingerprint density at radius 1 is 0.811 bits per heavy atom. The van der Waals surface area contributed by atoms with Crippen LogP contribution in [0.4, 0.5) is 11.4 Å². The number of Topliss-reactive ketones (excluding diaryl/α,β-unsaturated/α-hetero) is 1. The third kappa shape index (κ3) is 5.83. The lowest BCUT2D eigenvalue weighted by Gasteiger charge is -2.39. The van der Waals surface area contributed by atoms with Crippen LogP contribution < -0.4 is 10.2 Å². The number of rotatable bonds is 6. The molecule has 2 aliphatic rings. The summed E-state index contributed by atoms with van der Waals surface area (Å²) in [5, 5.41) is 5.21. The van der Waals surface area contributed by atoms with E-state index in [-0.39, 0.29) is 23.5 Å². The Morgan fingerprint density at radius 2 is 1.49 bits per heavy atom. The summed E-state index contributed by atoms with van der Waals surface area (Å²) in [6, 6.07) is 21.7. The van der Waals surface area contributed by atoms with Crippen molar-refractivity contribution in [3.05, 3.63) is 72.3 Å². The molecule has 2 amide bonds. The van der Waals surface area contributed by atoms with Crippen LogP contribution in [0.5, 0.6) is 0 Å². The van der Waals surface area contributed by atoms with Gasteiger partial charge in [-0.25, -0.2) is 0 Å². The van der Waals surface area contributed by atoms with Crippen molar-refractivity contribution in [2.24, 2.45) is 5.92 Å². The minimum atomic E-state index is -0.0198. The highest BCUT2D eigenvalue weighted by Gasteiger charge is 2.31. The van der Waals surface area contributed by atoms with E-state index < -0.39 is 0 Å². The van der Waals surface area contributed by atoms with Crippen molar-refractivity contribution < 1.29 is 14.4 Å². The standard InChI is InChI=1S/C30H34N4O3/c1-22(35)23-9-11-26(12-10-23)33-17-19-34(20-18-33)30(37)25-13-15-32(16-14-25)21-29(36)31-28-8-4-6-24-5-2-3-7-27(24)28/h2-12,25H,13-21H2,1H3,(H,31,36). The summed E-state index contributed by atoms with van der Waals surface area (Å²) in [7, 11) is 0. The summed E-state index contributed by atoms with van der Waals surface area (Å²) in [4.78, 5) is 43.8. The molecule has 0 spiro atoms.